The Hall–Kier alpha value is -1.26. The maximum absolute atomic E-state index is 11.7. The largest absolute Gasteiger partial charge is 0.465 e. The maximum atomic E-state index is 11.7. The Bertz CT molecular complexity index is 373. The number of hydrogen-bond acceptors (Lipinski definition) is 9. The van der Waals surface area contributed by atoms with E-state index in [9.17, 15) is 9.59 Å². The summed E-state index contributed by atoms with van der Waals surface area (Å²) < 4.78 is 26.8. The first-order chi connectivity index (χ1) is 13.2. The van der Waals surface area contributed by atoms with Gasteiger partial charge in [-0.25, -0.2) is 0 Å². The van der Waals surface area contributed by atoms with E-state index in [1.54, 1.807) is 13.8 Å². The van der Waals surface area contributed by atoms with Crippen LogP contribution < -0.4 is 0 Å². The lowest BCUT2D eigenvalue weighted by molar-refractivity contribution is -0.145. The van der Waals surface area contributed by atoms with E-state index < -0.39 is 0 Å². The number of rotatable bonds is 6. The van der Waals surface area contributed by atoms with Crippen LogP contribution in [0, 0.1) is 0 Å². The lowest BCUT2D eigenvalue weighted by atomic mass is 10.4. The van der Waals surface area contributed by atoms with Gasteiger partial charge in [-0.2, -0.15) is 0 Å². The Morgan fingerprint density at radius 1 is 0.667 bits per heavy atom. The first kappa shape index (κ1) is 23.8. The molecule has 1 aliphatic heterocycles. The van der Waals surface area contributed by atoms with Crippen molar-refractivity contribution in [1.82, 2.24) is 9.80 Å². The van der Waals surface area contributed by atoms with Gasteiger partial charge in [0, 0.05) is 26.2 Å². The Kier molecular flexibility index (Phi) is 13.9. The van der Waals surface area contributed by atoms with E-state index in [2.05, 4.69) is 0 Å². The van der Waals surface area contributed by atoms with Crippen molar-refractivity contribution < 1.29 is 33.3 Å². The zero-order valence-electron chi connectivity index (χ0n) is 16.7. The molecule has 1 heterocycles. The number of esters is 2. The summed E-state index contributed by atoms with van der Waals surface area (Å²) in [5, 5.41) is 0. The summed E-state index contributed by atoms with van der Waals surface area (Å²) in [6.45, 7) is 10.2. The molecule has 1 fully saturated rings. The van der Waals surface area contributed by atoms with Crippen LogP contribution in [0.3, 0.4) is 0 Å². The number of carbonyl (C=O) groups is 2. The Morgan fingerprint density at radius 3 is 1.33 bits per heavy atom. The van der Waals surface area contributed by atoms with Crippen molar-refractivity contribution in [3.8, 4) is 0 Å². The zero-order valence-corrected chi connectivity index (χ0v) is 16.7. The van der Waals surface area contributed by atoms with Gasteiger partial charge in [0.15, 0.2) is 0 Å². The molecule has 0 aromatic rings. The van der Waals surface area contributed by atoms with Crippen LogP contribution in [0.2, 0.25) is 0 Å². The zero-order chi connectivity index (χ0) is 19.7. The molecule has 0 amide bonds. The molecule has 0 atom stereocenters. The average Bonchev–Trinajstić information content (AvgIpc) is 2.63. The summed E-state index contributed by atoms with van der Waals surface area (Å²) in [7, 11) is 0. The topological polar surface area (TPSA) is 86.8 Å². The standard InChI is InChI=1S/C18H34N2O7/c1-3-26-17(21)15-19-5-9-23-10-6-20(16-18(22)27-4-2)8-12-25-14-13-24-11-7-19/h3-16H2,1-2H3. The van der Waals surface area contributed by atoms with Crippen molar-refractivity contribution in [2.24, 2.45) is 0 Å². The predicted molar refractivity (Wildman–Crippen MR) is 98.6 cm³/mol. The van der Waals surface area contributed by atoms with Gasteiger partial charge in [0.2, 0.25) is 0 Å². The van der Waals surface area contributed by atoms with Crippen LogP contribution in [0.5, 0.6) is 0 Å². The van der Waals surface area contributed by atoms with Crippen LogP contribution in [0.4, 0.5) is 0 Å². The van der Waals surface area contributed by atoms with E-state index in [4.69, 9.17) is 23.7 Å². The van der Waals surface area contributed by atoms with Crippen LogP contribution in [0.1, 0.15) is 13.8 Å². The van der Waals surface area contributed by atoms with Crippen molar-refractivity contribution >= 4 is 11.9 Å². The van der Waals surface area contributed by atoms with Gasteiger partial charge in [-0.3, -0.25) is 19.4 Å². The smallest absolute Gasteiger partial charge is 0.320 e. The molecule has 0 aromatic heterocycles. The van der Waals surface area contributed by atoms with Crippen molar-refractivity contribution in [1.29, 1.82) is 0 Å². The third-order valence-electron chi connectivity index (χ3n) is 3.90. The van der Waals surface area contributed by atoms with Crippen LogP contribution in [-0.2, 0) is 33.3 Å². The quantitative estimate of drug-likeness (QED) is 0.571. The van der Waals surface area contributed by atoms with Crippen LogP contribution in [-0.4, -0.2) is 114 Å². The van der Waals surface area contributed by atoms with Crippen molar-refractivity contribution in [2.45, 2.75) is 13.8 Å². The Labute approximate surface area is 161 Å². The molecule has 27 heavy (non-hydrogen) atoms. The van der Waals surface area contributed by atoms with Crippen LogP contribution in [0.15, 0.2) is 0 Å². The summed E-state index contributed by atoms with van der Waals surface area (Å²) in [6.07, 6.45) is 0. The van der Waals surface area contributed by atoms with E-state index >= 15 is 0 Å². The SMILES string of the molecule is CCOC(=O)CN1CCOCCOCCN(CC(=O)OCC)CCOCC1. The Balaban J connectivity index is 2.47. The third kappa shape index (κ3) is 12.7. The van der Waals surface area contributed by atoms with Crippen molar-refractivity contribution in [3.63, 3.8) is 0 Å². The first-order valence-electron chi connectivity index (χ1n) is 9.64. The lowest BCUT2D eigenvalue weighted by Gasteiger charge is -2.22. The Morgan fingerprint density at radius 2 is 1.00 bits per heavy atom. The minimum atomic E-state index is -0.251. The van der Waals surface area contributed by atoms with Gasteiger partial charge in [-0.05, 0) is 13.8 Å². The molecule has 0 aliphatic carbocycles. The van der Waals surface area contributed by atoms with E-state index in [0.29, 0.717) is 79.0 Å². The maximum Gasteiger partial charge on any atom is 0.320 e. The highest BCUT2D eigenvalue weighted by Gasteiger charge is 2.14. The van der Waals surface area contributed by atoms with Gasteiger partial charge in [0.25, 0.3) is 0 Å². The molecule has 9 nitrogen and oxygen atoms in total. The van der Waals surface area contributed by atoms with Crippen LogP contribution >= 0.6 is 0 Å². The van der Waals surface area contributed by atoms with Gasteiger partial charge >= 0.3 is 11.9 Å². The van der Waals surface area contributed by atoms with Crippen molar-refractivity contribution in [2.75, 3.05) is 92.1 Å². The molecule has 0 bridgehead atoms. The summed E-state index contributed by atoms with van der Waals surface area (Å²) >= 11 is 0. The molecule has 0 N–H and O–H groups in total. The second-order valence-corrected chi connectivity index (χ2v) is 6.00. The highest BCUT2D eigenvalue weighted by molar-refractivity contribution is 5.71. The van der Waals surface area contributed by atoms with Gasteiger partial charge in [-0.1, -0.05) is 0 Å². The molecule has 0 saturated carbocycles. The average molecular weight is 390 g/mol. The second-order valence-electron chi connectivity index (χ2n) is 6.00. The van der Waals surface area contributed by atoms with Gasteiger partial charge in [-0.15, -0.1) is 0 Å². The van der Waals surface area contributed by atoms with Crippen LogP contribution in [0.25, 0.3) is 0 Å². The lowest BCUT2D eigenvalue weighted by Crippen LogP contribution is -2.38. The number of hydrogen-bond donors (Lipinski definition) is 0. The minimum Gasteiger partial charge on any atom is -0.465 e. The highest BCUT2D eigenvalue weighted by Crippen LogP contribution is 1.96. The van der Waals surface area contributed by atoms with E-state index in [1.807, 2.05) is 9.80 Å². The molecule has 0 unspecified atom stereocenters. The monoisotopic (exact) mass is 390 g/mol. The summed E-state index contributed by atoms with van der Waals surface area (Å²) in [4.78, 5) is 27.3. The van der Waals surface area contributed by atoms with E-state index in [0.717, 1.165) is 0 Å². The molecule has 1 rings (SSSR count). The first-order valence-corrected chi connectivity index (χ1v) is 9.64. The second kappa shape index (κ2) is 15.8. The minimum absolute atomic E-state index is 0.214. The highest BCUT2D eigenvalue weighted by atomic mass is 16.5. The molecule has 0 radical (unpaired) electrons. The predicted octanol–water partition coefficient (Wildman–Crippen LogP) is -0.220. The van der Waals surface area contributed by atoms with E-state index in [-0.39, 0.29) is 25.0 Å². The molecular weight excluding hydrogens is 356 g/mol. The summed E-state index contributed by atoms with van der Waals surface area (Å²) in [5.74, 6) is -0.501. The van der Waals surface area contributed by atoms with Crippen molar-refractivity contribution in [3.05, 3.63) is 0 Å². The van der Waals surface area contributed by atoms with Gasteiger partial charge in [0.05, 0.1) is 65.9 Å². The molecule has 0 spiro atoms. The number of carbonyl (C=O) groups excluding carboxylic acids is 2. The fourth-order valence-electron chi connectivity index (χ4n) is 2.52. The van der Waals surface area contributed by atoms with Gasteiger partial charge < -0.3 is 23.7 Å². The van der Waals surface area contributed by atoms with E-state index in [1.165, 1.54) is 0 Å². The molecule has 1 aliphatic rings. The summed E-state index contributed by atoms with van der Waals surface area (Å²) in [6, 6.07) is 0. The molecule has 158 valence electrons. The van der Waals surface area contributed by atoms with Gasteiger partial charge in [0.1, 0.15) is 0 Å². The fourth-order valence-corrected chi connectivity index (χ4v) is 2.52. The fraction of sp³-hybridized carbons (Fsp3) is 0.889. The molecule has 9 heteroatoms. The molecular formula is C18H34N2O7. The molecule has 1 saturated heterocycles. The number of ether oxygens (including phenoxy) is 5. The molecule has 0 aromatic carbocycles. The number of nitrogens with zero attached hydrogens (tertiary/aromatic N) is 2. The summed E-state index contributed by atoms with van der Waals surface area (Å²) in [5.41, 5.74) is 0. The third-order valence-corrected chi connectivity index (χ3v) is 3.90. The normalized spacial score (nSPS) is 19.6.